The summed E-state index contributed by atoms with van der Waals surface area (Å²) in [5.74, 6) is 1.39. The van der Waals surface area contributed by atoms with Crippen LogP contribution in [0.2, 0.25) is 0 Å². The molecule has 4 saturated carbocycles. The predicted molar refractivity (Wildman–Crippen MR) is 114 cm³/mol. The number of hydrogen-bond acceptors (Lipinski definition) is 4. The molecule has 5 fully saturated rings. The van der Waals surface area contributed by atoms with E-state index in [2.05, 4.69) is 40.5 Å². The van der Waals surface area contributed by atoms with Crippen LogP contribution in [0.5, 0.6) is 0 Å². The Hall–Kier alpha value is -2.18. The van der Waals surface area contributed by atoms with Crippen LogP contribution in [0.3, 0.4) is 0 Å². The fraction of sp³-hybridized carbons (Fsp3) is 0.583. The molecule has 6 heteroatoms. The fourth-order valence-electron chi connectivity index (χ4n) is 6.96. The first-order chi connectivity index (χ1) is 14.5. The van der Waals surface area contributed by atoms with Crippen molar-refractivity contribution in [2.45, 2.75) is 37.6 Å². The Balaban J connectivity index is 0.000000235. The molecule has 5 aliphatic rings. The van der Waals surface area contributed by atoms with E-state index in [0.29, 0.717) is 17.7 Å². The van der Waals surface area contributed by atoms with Crippen LogP contribution in [0.1, 0.15) is 37.7 Å². The number of aliphatic carboxylic acids is 2. The second-order valence-corrected chi connectivity index (χ2v) is 9.24. The first-order valence-corrected chi connectivity index (χ1v) is 11.1. The van der Waals surface area contributed by atoms with E-state index < -0.39 is 11.9 Å². The van der Waals surface area contributed by atoms with E-state index in [1.165, 1.54) is 51.9 Å². The Kier molecular flexibility index (Phi) is 6.25. The highest BCUT2D eigenvalue weighted by Crippen LogP contribution is 2.63. The quantitative estimate of drug-likeness (QED) is 0.659. The lowest BCUT2D eigenvalue weighted by molar-refractivity contribution is -0.145. The largest absolute Gasteiger partial charge is 0.478 e. The van der Waals surface area contributed by atoms with Crippen LogP contribution in [0.15, 0.2) is 42.5 Å². The van der Waals surface area contributed by atoms with E-state index >= 15 is 0 Å². The third kappa shape index (κ3) is 4.03. The number of hydrogen-bond donors (Lipinski definition) is 3. The van der Waals surface area contributed by atoms with Gasteiger partial charge in [0.2, 0.25) is 0 Å². The molecule has 6 rings (SSSR count). The summed E-state index contributed by atoms with van der Waals surface area (Å²) in [6.07, 6.45) is 8.62. The molecule has 162 valence electrons. The summed E-state index contributed by atoms with van der Waals surface area (Å²) in [5.41, 5.74) is 1.99. The van der Waals surface area contributed by atoms with E-state index in [1.807, 2.05) is 0 Å². The van der Waals surface area contributed by atoms with Crippen LogP contribution in [0.4, 0.5) is 0 Å². The van der Waals surface area contributed by atoms with Crippen molar-refractivity contribution in [2.24, 2.45) is 23.7 Å². The molecule has 0 aromatic heterocycles. The highest BCUT2D eigenvalue weighted by molar-refractivity contribution is 5.89. The van der Waals surface area contributed by atoms with Crippen LogP contribution < -0.4 is 5.32 Å². The third-order valence-electron chi connectivity index (χ3n) is 7.63. The lowest BCUT2D eigenvalue weighted by Crippen LogP contribution is -2.66. The van der Waals surface area contributed by atoms with Gasteiger partial charge in [0, 0.05) is 38.3 Å². The van der Waals surface area contributed by atoms with Gasteiger partial charge in [-0.1, -0.05) is 30.3 Å². The zero-order valence-corrected chi connectivity index (χ0v) is 17.4. The minimum absolute atomic E-state index is 0.358. The van der Waals surface area contributed by atoms with Gasteiger partial charge in [0.05, 0.1) is 5.54 Å². The molecule has 1 aromatic rings. The number of carboxylic acid groups (broad SMARTS) is 2. The van der Waals surface area contributed by atoms with Gasteiger partial charge in [0.15, 0.2) is 0 Å². The number of nitrogens with one attached hydrogen (secondary N) is 1. The van der Waals surface area contributed by atoms with Gasteiger partial charge in [-0.15, -0.1) is 0 Å². The maximum Gasteiger partial charge on any atom is 0.328 e. The van der Waals surface area contributed by atoms with Gasteiger partial charge < -0.3 is 15.5 Å². The predicted octanol–water partition coefficient (Wildman–Crippen LogP) is 2.96. The molecule has 6 nitrogen and oxygen atoms in total. The van der Waals surface area contributed by atoms with Gasteiger partial charge in [-0.25, -0.2) is 9.59 Å². The van der Waals surface area contributed by atoms with Gasteiger partial charge in [0.1, 0.15) is 0 Å². The molecule has 0 amide bonds. The van der Waals surface area contributed by atoms with Gasteiger partial charge in [-0.3, -0.25) is 4.90 Å². The monoisotopic (exact) mass is 412 g/mol. The zero-order valence-electron chi connectivity index (χ0n) is 17.4. The summed E-state index contributed by atoms with van der Waals surface area (Å²) in [5, 5.41) is 19.2. The van der Waals surface area contributed by atoms with Crippen molar-refractivity contribution in [1.82, 2.24) is 10.2 Å². The smallest absolute Gasteiger partial charge is 0.328 e. The van der Waals surface area contributed by atoms with Crippen molar-refractivity contribution >= 4 is 11.9 Å². The van der Waals surface area contributed by atoms with E-state index in [4.69, 9.17) is 10.2 Å². The highest BCUT2D eigenvalue weighted by atomic mass is 16.4. The first kappa shape index (κ1) is 21.1. The van der Waals surface area contributed by atoms with Gasteiger partial charge in [-0.2, -0.15) is 0 Å². The fourth-order valence-corrected chi connectivity index (χ4v) is 6.96. The number of rotatable bonds is 4. The van der Waals surface area contributed by atoms with Crippen molar-refractivity contribution in [3.63, 3.8) is 0 Å². The Morgan fingerprint density at radius 2 is 1.37 bits per heavy atom. The molecule has 4 bridgehead atoms. The Morgan fingerprint density at radius 1 is 0.867 bits per heavy atom. The van der Waals surface area contributed by atoms with Gasteiger partial charge in [0.25, 0.3) is 0 Å². The van der Waals surface area contributed by atoms with Crippen LogP contribution in [-0.2, 0) is 15.1 Å². The van der Waals surface area contributed by atoms with E-state index in [0.717, 1.165) is 23.7 Å². The summed E-state index contributed by atoms with van der Waals surface area (Å²) in [4.78, 5) is 22.0. The normalized spacial score (nSPS) is 35.1. The molecule has 0 unspecified atom stereocenters. The zero-order chi connectivity index (χ0) is 21.1. The first-order valence-electron chi connectivity index (χ1n) is 11.1. The minimum atomic E-state index is -1.26. The topological polar surface area (TPSA) is 89.9 Å². The molecular formula is C24H32N2O4. The molecule has 0 spiro atoms. The van der Waals surface area contributed by atoms with Crippen molar-refractivity contribution < 1.29 is 19.8 Å². The summed E-state index contributed by atoms with van der Waals surface area (Å²) in [6.45, 7) is 4.80. The Labute approximate surface area is 178 Å². The average Bonchev–Trinajstić information content (AvgIpc) is 2.74. The molecule has 1 heterocycles. The Bertz CT molecular complexity index is 736. The average molecular weight is 413 g/mol. The molecule has 1 saturated heterocycles. The lowest BCUT2D eigenvalue weighted by atomic mass is 9.46. The van der Waals surface area contributed by atoms with E-state index in [1.54, 1.807) is 12.0 Å². The second kappa shape index (κ2) is 8.90. The maximum absolute atomic E-state index is 9.55. The highest BCUT2D eigenvalue weighted by Gasteiger charge is 2.60. The molecule has 1 aromatic carbocycles. The molecule has 0 atom stereocenters. The van der Waals surface area contributed by atoms with Crippen molar-refractivity contribution in [1.29, 1.82) is 0 Å². The second-order valence-electron chi connectivity index (χ2n) is 9.24. The maximum atomic E-state index is 9.55. The van der Waals surface area contributed by atoms with Crippen LogP contribution >= 0.6 is 0 Å². The summed E-state index contributed by atoms with van der Waals surface area (Å²) < 4.78 is 0. The number of nitrogens with zero attached hydrogens (tertiary/aromatic N) is 1. The minimum Gasteiger partial charge on any atom is -0.478 e. The van der Waals surface area contributed by atoms with Crippen molar-refractivity contribution in [2.75, 3.05) is 26.2 Å². The van der Waals surface area contributed by atoms with E-state index in [9.17, 15) is 9.59 Å². The number of piperazine rings is 1. The summed E-state index contributed by atoms with van der Waals surface area (Å²) in [6, 6.07) is 11.6. The molecule has 1 aliphatic heterocycles. The number of carbonyl (C=O) groups is 2. The molecule has 0 radical (unpaired) electrons. The SMILES string of the molecule is O=C(O)/C=C\C(=O)O.c1ccc(C2(N3CCNCC3)C3CC4CC(C3)CC2C4)cc1. The third-order valence-corrected chi connectivity index (χ3v) is 7.63. The molecule has 4 aliphatic carbocycles. The van der Waals surface area contributed by atoms with Gasteiger partial charge >= 0.3 is 11.9 Å². The van der Waals surface area contributed by atoms with Crippen LogP contribution in [0.25, 0.3) is 0 Å². The van der Waals surface area contributed by atoms with E-state index in [-0.39, 0.29) is 0 Å². The van der Waals surface area contributed by atoms with Crippen LogP contribution in [0, 0.1) is 23.7 Å². The molecular weight excluding hydrogens is 380 g/mol. The molecule has 30 heavy (non-hydrogen) atoms. The van der Waals surface area contributed by atoms with Crippen LogP contribution in [-0.4, -0.2) is 53.2 Å². The summed E-state index contributed by atoms with van der Waals surface area (Å²) in [7, 11) is 0. The van der Waals surface area contributed by atoms with Crippen molar-refractivity contribution in [3.05, 3.63) is 48.0 Å². The van der Waals surface area contributed by atoms with Crippen molar-refractivity contribution in [3.8, 4) is 0 Å². The standard InChI is InChI=1S/C20H28N2.C4H4O4/c1-2-4-17(5-3-1)20(22-8-6-21-7-9-22)18-11-15-10-16(13-18)14-19(20)12-15;5-3(6)1-2-4(7)8/h1-5,15-16,18-19,21H,6-14H2;1-2H,(H,5,6)(H,7,8)/b;2-1-. The lowest BCUT2D eigenvalue weighted by Gasteiger charge is -2.65. The van der Waals surface area contributed by atoms with Gasteiger partial charge in [-0.05, 0) is 61.3 Å². The number of benzene rings is 1. The Morgan fingerprint density at radius 3 is 1.83 bits per heavy atom. The summed E-state index contributed by atoms with van der Waals surface area (Å²) >= 11 is 0. The number of carboxylic acids is 2. The molecule has 3 N–H and O–H groups in total.